The van der Waals surface area contributed by atoms with Crippen molar-refractivity contribution in [2.45, 2.75) is 19.3 Å². The molecule has 0 unspecified atom stereocenters. The number of carbonyl (C=O) groups excluding carboxylic acids is 1. The largest absolute Gasteiger partial charge is 0.508 e. The monoisotopic (exact) mass is 365 g/mol. The van der Waals surface area contributed by atoms with Crippen LogP contribution in [0.25, 0.3) is 17.2 Å². The van der Waals surface area contributed by atoms with E-state index in [1.165, 1.54) is 5.57 Å². The maximum absolute atomic E-state index is 12.4. The first-order valence-corrected chi connectivity index (χ1v) is 8.82. The molecule has 7 heteroatoms. The SMILES string of the molecule is O=C(CCc1nc(-c2ccco2)no1)N1CC=C(c2ccc(O)cc2)CC1. The lowest BCUT2D eigenvalue weighted by atomic mass is 9.99. The lowest BCUT2D eigenvalue weighted by Crippen LogP contribution is -2.34. The van der Waals surface area contributed by atoms with Crippen molar-refractivity contribution in [3.05, 3.63) is 60.2 Å². The van der Waals surface area contributed by atoms with Crippen LogP contribution in [-0.2, 0) is 11.2 Å². The Morgan fingerprint density at radius 3 is 2.78 bits per heavy atom. The molecule has 7 nitrogen and oxygen atoms in total. The third-order valence-electron chi connectivity index (χ3n) is 4.56. The number of furan rings is 1. The molecule has 0 saturated carbocycles. The Balaban J connectivity index is 1.31. The molecule has 0 saturated heterocycles. The van der Waals surface area contributed by atoms with Crippen LogP contribution in [-0.4, -0.2) is 39.1 Å². The molecule has 4 rings (SSSR count). The van der Waals surface area contributed by atoms with Gasteiger partial charge in [-0.25, -0.2) is 0 Å². The van der Waals surface area contributed by atoms with Crippen molar-refractivity contribution in [3.63, 3.8) is 0 Å². The number of phenols is 1. The summed E-state index contributed by atoms with van der Waals surface area (Å²) in [6, 6.07) is 10.6. The Hall–Kier alpha value is -3.35. The van der Waals surface area contributed by atoms with Crippen LogP contribution in [0.4, 0.5) is 0 Å². The van der Waals surface area contributed by atoms with E-state index >= 15 is 0 Å². The van der Waals surface area contributed by atoms with Gasteiger partial charge in [-0.2, -0.15) is 4.98 Å². The van der Waals surface area contributed by atoms with E-state index in [1.54, 1.807) is 30.5 Å². The maximum atomic E-state index is 12.4. The number of aromatic hydroxyl groups is 1. The fraction of sp³-hybridized carbons (Fsp3) is 0.250. The molecular weight excluding hydrogens is 346 g/mol. The molecule has 1 N–H and O–H groups in total. The summed E-state index contributed by atoms with van der Waals surface area (Å²) in [6.45, 7) is 1.25. The van der Waals surface area contributed by atoms with E-state index in [1.807, 2.05) is 17.0 Å². The van der Waals surface area contributed by atoms with Gasteiger partial charge in [0, 0.05) is 25.9 Å². The average Bonchev–Trinajstić information content (AvgIpc) is 3.38. The van der Waals surface area contributed by atoms with E-state index in [0.29, 0.717) is 43.4 Å². The van der Waals surface area contributed by atoms with Crippen molar-refractivity contribution in [3.8, 4) is 17.3 Å². The Kier molecular flexibility index (Phi) is 4.74. The topological polar surface area (TPSA) is 92.6 Å². The van der Waals surface area contributed by atoms with E-state index in [9.17, 15) is 9.90 Å². The number of hydrogen-bond donors (Lipinski definition) is 1. The van der Waals surface area contributed by atoms with Crippen molar-refractivity contribution in [1.29, 1.82) is 0 Å². The third kappa shape index (κ3) is 3.92. The van der Waals surface area contributed by atoms with Crippen LogP contribution in [0.3, 0.4) is 0 Å². The van der Waals surface area contributed by atoms with Gasteiger partial charge in [-0.1, -0.05) is 23.4 Å². The van der Waals surface area contributed by atoms with E-state index in [0.717, 1.165) is 12.0 Å². The highest BCUT2D eigenvalue weighted by molar-refractivity contribution is 5.78. The molecule has 0 fully saturated rings. The summed E-state index contributed by atoms with van der Waals surface area (Å²) in [7, 11) is 0. The highest BCUT2D eigenvalue weighted by Gasteiger charge is 2.19. The van der Waals surface area contributed by atoms with Crippen LogP contribution >= 0.6 is 0 Å². The van der Waals surface area contributed by atoms with Gasteiger partial charge in [-0.05, 0) is 41.8 Å². The summed E-state index contributed by atoms with van der Waals surface area (Å²) in [5, 5.41) is 13.3. The summed E-state index contributed by atoms with van der Waals surface area (Å²) >= 11 is 0. The first kappa shape index (κ1) is 17.1. The summed E-state index contributed by atoms with van der Waals surface area (Å²) < 4.78 is 10.4. The minimum absolute atomic E-state index is 0.0637. The van der Waals surface area contributed by atoms with Gasteiger partial charge in [0.1, 0.15) is 5.75 Å². The van der Waals surface area contributed by atoms with E-state index in [4.69, 9.17) is 8.94 Å². The summed E-state index contributed by atoms with van der Waals surface area (Å²) in [5.74, 6) is 1.67. The Labute approximate surface area is 155 Å². The zero-order valence-corrected chi connectivity index (χ0v) is 14.7. The number of amides is 1. The highest BCUT2D eigenvalue weighted by atomic mass is 16.5. The predicted molar refractivity (Wildman–Crippen MR) is 97.6 cm³/mol. The predicted octanol–water partition coefficient (Wildman–Crippen LogP) is 3.28. The number of hydrogen-bond acceptors (Lipinski definition) is 6. The maximum Gasteiger partial charge on any atom is 0.238 e. The van der Waals surface area contributed by atoms with Gasteiger partial charge < -0.3 is 18.9 Å². The second kappa shape index (κ2) is 7.49. The number of phenolic OH excluding ortho intramolecular Hbond substituents is 1. The van der Waals surface area contributed by atoms with Gasteiger partial charge >= 0.3 is 0 Å². The van der Waals surface area contributed by atoms with Gasteiger partial charge in [0.2, 0.25) is 17.6 Å². The fourth-order valence-electron chi connectivity index (χ4n) is 3.07. The smallest absolute Gasteiger partial charge is 0.238 e. The molecule has 1 aromatic carbocycles. The summed E-state index contributed by atoms with van der Waals surface area (Å²) in [6.07, 6.45) is 5.13. The van der Waals surface area contributed by atoms with Gasteiger partial charge in [-0.3, -0.25) is 4.79 Å². The molecule has 3 heterocycles. The fourth-order valence-corrected chi connectivity index (χ4v) is 3.07. The Morgan fingerprint density at radius 1 is 1.22 bits per heavy atom. The Bertz CT molecular complexity index is 942. The molecule has 1 aliphatic heterocycles. The molecule has 2 aromatic heterocycles. The van der Waals surface area contributed by atoms with Gasteiger partial charge in [0.25, 0.3) is 0 Å². The number of aromatic nitrogens is 2. The average molecular weight is 365 g/mol. The molecular formula is C20H19N3O4. The van der Waals surface area contributed by atoms with Crippen LogP contribution in [0.5, 0.6) is 5.75 Å². The molecule has 138 valence electrons. The standard InChI is InChI=1S/C20H19N3O4/c24-16-5-3-14(4-6-16)15-9-11-23(12-10-15)19(25)8-7-18-21-20(22-27-18)17-2-1-13-26-17/h1-6,9,13,24H,7-8,10-12H2. The molecule has 3 aromatic rings. The molecule has 0 radical (unpaired) electrons. The third-order valence-corrected chi connectivity index (χ3v) is 4.56. The zero-order chi connectivity index (χ0) is 18.6. The first-order chi connectivity index (χ1) is 13.2. The summed E-state index contributed by atoms with van der Waals surface area (Å²) in [4.78, 5) is 18.5. The molecule has 0 aliphatic carbocycles. The molecule has 0 atom stereocenters. The quantitative estimate of drug-likeness (QED) is 0.746. The van der Waals surface area contributed by atoms with Gasteiger partial charge in [-0.15, -0.1) is 0 Å². The van der Waals surface area contributed by atoms with Crippen LogP contribution in [0.2, 0.25) is 0 Å². The van der Waals surface area contributed by atoms with Gasteiger partial charge in [0.15, 0.2) is 5.76 Å². The van der Waals surface area contributed by atoms with Crippen LogP contribution in [0.15, 0.2) is 57.7 Å². The number of benzene rings is 1. The molecule has 27 heavy (non-hydrogen) atoms. The van der Waals surface area contributed by atoms with Crippen molar-refractivity contribution in [2.75, 3.05) is 13.1 Å². The lowest BCUT2D eigenvalue weighted by molar-refractivity contribution is -0.130. The normalized spacial score (nSPS) is 14.2. The molecule has 1 amide bonds. The number of nitrogens with zero attached hydrogens (tertiary/aromatic N) is 3. The van der Waals surface area contributed by atoms with Crippen molar-refractivity contribution >= 4 is 11.5 Å². The van der Waals surface area contributed by atoms with Crippen molar-refractivity contribution < 1.29 is 18.8 Å². The van der Waals surface area contributed by atoms with E-state index < -0.39 is 0 Å². The number of rotatable bonds is 5. The van der Waals surface area contributed by atoms with E-state index in [2.05, 4.69) is 16.2 Å². The first-order valence-electron chi connectivity index (χ1n) is 8.82. The second-order valence-electron chi connectivity index (χ2n) is 6.36. The minimum atomic E-state index is 0.0637. The molecule has 1 aliphatic rings. The van der Waals surface area contributed by atoms with Crippen molar-refractivity contribution in [1.82, 2.24) is 15.0 Å². The number of carbonyl (C=O) groups is 1. The molecule has 0 spiro atoms. The minimum Gasteiger partial charge on any atom is -0.508 e. The van der Waals surface area contributed by atoms with Crippen molar-refractivity contribution in [2.24, 2.45) is 0 Å². The lowest BCUT2D eigenvalue weighted by Gasteiger charge is -2.26. The van der Waals surface area contributed by atoms with Crippen LogP contribution in [0.1, 0.15) is 24.3 Å². The zero-order valence-electron chi connectivity index (χ0n) is 14.7. The summed E-state index contributed by atoms with van der Waals surface area (Å²) in [5.41, 5.74) is 2.27. The highest BCUT2D eigenvalue weighted by Crippen LogP contribution is 2.24. The Morgan fingerprint density at radius 2 is 2.07 bits per heavy atom. The number of aryl methyl sites for hydroxylation is 1. The second-order valence-corrected chi connectivity index (χ2v) is 6.36. The van der Waals surface area contributed by atoms with E-state index in [-0.39, 0.29) is 11.7 Å². The van der Waals surface area contributed by atoms with Crippen LogP contribution < -0.4 is 0 Å². The van der Waals surface area contributed by atoms with Gasteiger partial charge in [0.05, 0.1) is 6.26 Å². The van der Waals surface area contributed by atoms with Crippen LogP contribution in [0, 0.1) is 0 Å². The molecule has 0 bridgehead atoms.